The van der Waals surface area contributed by atoms with Crippen molar-refractivity contribution in [2.45, 2.75) is 40.7 Å². The second kappa shape index (κ2) is 6.07. The lowest BCUT2D eigenvalue weighted by molar-refractivity contribution is -0.114. The third-order valence-electron chi connectivity index (χ3n) is 3.61. The van der Waals surface area contributed by atoms with Gasteiger partial charge in [-0.15, -0.1) is 0 Å². The van der Waals surface area contributed by atoms with E-state index in [0.29, 0.717) is 11.3 Å². The summed E-state index contributed by atoms with van der Waals surface area (Å²) in [5, 5.41) is 2.68. The van der Waals surface area contributed by atoms with E-state index in [2.05, 4.69) is 26.1 Å². The molecule has 0 aromatic heterocycles. The Balaban J connectivity index is 2.85. The molecular formula is C16H24N2O2. The smallest absolute Gasteiger partial charge is 0.253 e. The largest absolute Gasteiger partial charge is 0.338 e. The minimum Gasteiger partial charge on any atom is -0.338 e. The van der Waals surface area contributed by atoms with Gasteiger partial charge in [-0.2, -0.15) is 0 Å². The van der Waals surface area contributed by atoms with Gasteiger partial charge in [-0.25, -0.2) is 0 Å². The number of nitrogens with one attached hydrogen (secondary N) is 1. The van der Waals surface area contributed by atoms with E-state index in [1.165, 1.54) is 6.92 Å². The monoisotopic (exact) mass is 276 g/mol. The summed E-state index contributed by atoms with van der Waals surface area (Å²) in [6, 6.07) is 7.08. The Bertz CT molecular complexity index is 486. The van der Waals surface area contributed by atoms with Crippen LogP contribution in [0.1, 0.15) is 45.0 Å². The van der Waals surface area contributed by atoms with Crippen LogP contribution in [0.2, 0.25) is 0 Å². The van der Waals surface area contributed by atoms with Crippen molar-refractivity contribution >= 4 is 17.5 Å². The predicted molar refractivity (Wildman–Crippen MR) is 81.8 cm³/mol. The first-order valence-electron chi connectivity index (χ1n) is 6.77. The van der Waals surface area contributed by atoms with Gasteiger partial charge in [-0.1, -0.05) is 20.8 Å². The quantitative estimate of drug-likeness (QED) is 0.922. The highest BCUT2D eigenvalue weighted by atomic mass is 16.2. The Labute approximate surface area is 121 Å². The number of hydrogen-bond acceptors (Lipinski definition) is 2. The number of hydrogen-bond donors (Lipinski definition) is 1. The molecule has 4 heteroatoms. The van der Waals surface area contributed by atoms with Gasteiger partial charge in [0.05, 0.1) is 0 Å². The molecule has 1 aromatic rings. The molecule has 0 heterocycles. The highest BCUT2D eigenvalue weighted by Crippen LogP contribution is 2.24. The molecule has 1 rings (SSSR count). The first kappa shape index (κ1) is 16.2. The standard InChI is InChI=1S/C16H24N2O2/c1-11(16(3,4)5)18(6)15(20)13-7-9-14(10-8-13)17-12(2)19/h7-11H,1-6H3,(H,17,19)/t11-/m0/s1. The third kappa shape index (κ3) is 4.08. The molecule has 0 aliphatic rings. The van der Waals surface area contributed by atoms with E-state index in [1.54, 1.807) is 29.2 Å². The van der Waals surface area contributed by atoms with Crippen molar-refractivity contribution in [1.82, 2.24) is 4.90 Å². The van der Waals surface area contributed by atoms with Crippen LogP contribution in [0.3, 0.4) is 0 Å². The molecule has 110 valence electrons. The number of benzene rings is 1. The first-order chi connectivity index (χ1) is 9.12. The van der Waals surface area contributed by atoms with E-state index in [0.717, 1.165) is 0 Å². The highest BCUT2D eigenvalue weighted by Gasteiger charge is 2.27. The van der Waals surface area contributed by atoms with Gasteiger partial charge in [0.2, 0.25) is 5.91 Å². The van der Waals surface area contributed by atoms with Gasteiger partial charge in [-0.05, 0) is 36.6 Å². The van der Waals surface area contributed by atoms with E-state index >= 15 is 0 Å². The number of carbonyl (C=O) groups is 2. The molecule has 0 fully saturated rings. The second-order valence-electron chi connectivity index (χ2n) is 6.22. The minimum absolute atomic E-state index is 0.0122. The summed E-state index contributed by atoms with van der Waals surface area (Å²) in [7, 11) is 1.82. The molecule has 1 N–H and O–H groups in total. The fourth-order valence-electron chi connectivity index (χ4n) is 1.86. The van der Waals surface area contributed by atoms with Crippen LogP contribution >= 0.6 is 0 Å². The molecule has 0 radical (unpaired) electrons. The van der Waals surface area contributed by atoms with Crippen molar-refractivity contribution in [2.75, 3.05) is 12.4 Å². The average molecular weight is 276 g/mol. The zero-order chi connectivity index (χ0) is 15.5. The van der Waals surface area contributed by atoms with Crippen LogP contribution in [-0.2, 0) is 4.79 Å². The summed E-state index contributed by atoms with van der Waals surface area (Å²) in [6.45, 7) is 9.84. The Morgan fingerprint density at radius 1 is 1.15 bits per heavy atom. The SMILES string of the molecule is CC(=O)Nc1ccc(C(=O)N(C)[C@@H](C)C(C)(C)C)cc1. The lowest BCUT2D eigenvalue weighted by atomic mass is 9.87. The van der Waals surface area contributed by atoms with Crippen molar-refractivity contribution in [1.29, 1.82) is 0 Å². The van der Waals surface area contributed by atoms with Gasteiger partial charge >= 0.3 is 0 Å². The summed E-state index contributed by atoms with van der Waals surface area (Å²) in [5.74, 6) is -0.135. The lowest BCUT2D eigenvalue weighted by Crippen LogP contribution is -2.42. The van der Waals surface area contributed by atoms with Gasteiger partial charge in [-0.3, -0.25) is 9.59 Å². The maximum atomic E-state index is 12.4. The fraction of sp³-hybridized carbons (Fsp3) is 0.500. The lowest BCUT2D eigenvalue weighted by Gasteiger charge is -2.35. The molecular weight excluding hydrogens is 252 g/mol. The van der Waals surface area contributed by atoms with Crippen molar-refractivity contribution in [3.05, 3.63) is 29.8 Å². The number of rotatable bonds is 3. The number of amides is 2. The highest BCUT2D eigenvalue weighted by molar-refractivity contribution is 5.95. The van der Waals surface area contributed by atoms with Crippen LogP contribution in [0.4, 0.5) is 5.69 Å². The molecule has 1 atom stereocenters. The molecule has 0 saturated carbocycles. The number of carbonyl (C=O) groups excluding carboxylic acids is 2. The molecule has 2 amide bonds. The number of nitrogens with zero attached hydrogens (tertiary/aromatic N) is 1. The zero-order valence-electron chi connectivity index (χ0n) is 13.2. The first-order valence-corrected chi connectivity index (χ1v) is 6.77. The summed E-state index contributed by atoms with van der Waals surface area (Å²) in [6.07, 6.45) is 0. The van der Waals surface area contributed by atoms with E-state index < -0.39 is 0 Å². The molecule has 0 spiro atoms. The molecule has 0 bridgehead atoms. The Morgan fingerprint density at radius 3 is 2.05 bits per heavy atom. The third-order valence-corrected chi connectivity index (χ3v) is 3.61. The van der Waals surface area contributed by atoms with Gasteiger partial charge in [0.1, 0.15) is 0 Å². The van der Waals surface area contributed by atoms with Crippen molar-refractivity contribution in [3.8, 4) is 0 Å². The summed E-state index contributed by atoms with van der Waals surface area (Å²) >= 11 is 0. The summed E-state index contributed by atoms with van der Waals surface area (Å²) in [5.41, 5.74) is 1.35. The predicted octanol–water partition coefficient (Wildman–Crippen LogP) is 3.15. The fourth-order valence-corrected chi connectivity index (χ4v) is 1.86. The maximum absolute atomic E-state index is 12.4. The molecule has 4 nitrogen and oxygen atoms in total. The number of anilines is 1. The van der Waals surface area contributed by atoms with Gasteiger partial charge in [0.25, 0.3) is 5.91 Å². The second-order valence-corrected chi connectivity index (χ2v) is 6.22. The molecule has 0 unspecified atom stereocenters. The van der Waals surface area contributed by atoms with Crippen LogP contribution in [0, 0.1) is 5.41 Å². The summed E-state index contributed by atoms with van der Waals surface area (Å²) in [4.78, 5) is 25.1. The molecule has 0 aliphatic heterocycles. The topological polar surface area (TPSA) is 49.4 Å². The molecule has 0 saturated heterocycles. The van der Waals surface area contributed by atoms with E-state index in [-0.39, 0.29) is 23.3 Å². The molecule has 20 heavy (non-hydrogen) atoms. The van der Waals surface area contributed by atoms with Crippen molar-refractivity contribution in [3.63, 3.8) is 0 Å². The van der Waals surface area contributed by atoms with Crippen LogP contribution < -0.4 is 5.32 Å². The summed E-state index contributed by atoms with van der Waals surface area (Å²) < 4.78 is 0. The molecule has 1 aromatic carbocycles. The van der Waals surface area contributed by atoms with E-state index in [4.69, 9.17) is 0 Å². The van der Waals surface area contributed by atoms with Crippen LogP contribution in [0.15, 0.2) is 24.3 Å². The Kier molecular flexibility index (Phi) is 4.93. The average Bonchev–Trinajstić information content (AvgIpc) is 2.35. The Morgan fingerprint density at radius 2 is 1.65 bits per heavy atom. The minimum atomic E-state index is -0.123. The molecule has 0 aliphatic carbocycles. The Hall–Kier alpha value is -1.84. The van der Waals surface area contributed by atoms with Crippen LogP contribution in [0.25, 0.3) is 0 Å². The zero-order valence-corrected chi connectivity index (χ0v) is 13.2. The van der Waals surface area contributed by atoms with Crippen LogP contribution in [0.5, 0.6) is 0 Å². The van der Waals surface area contributed by atoms with Crippen molar-refractivity contribution < 1.29 is 9.59 Å². The normalized spacial score (nSPS) is 12.7. The van der Waals surface area contributed by atoms with E-state index in [1.807, 2.05) is 14.0 Å². The van der Waals surface area contributed by atoms with Gasteiger partial charge < -0.3 is 10.2 Å². The maximum Gasteiger partial charge on any atom is 0.253 e. The van der Waals surface area contributed by atoms with Gasteiger partial charge in [0, 0.05) is 31.3 Å². The van der Waals surface area contributed by atoms with Gasteiger partial charge in [0.15, 0.2) is 0 Å². The van der Waals surface area contributed by atoms with Crippen molar-refractivity contribution in [2.24, 2.45) is 5.41 Å². The van der Waals surface area contributed by atoms with Crippen LogP contribution in [-0.4, -0.2) is 29.8 Å². The van der Waals surface area contributed by atoms with E-state index in [9.17, 15) is 9.59 Å².